The van der Waals surface area contributed by atoms with Crippen molar-refractivity contribution in [2.24, 2.45) is 0 Å². The molecule has 0 heterocycles. The maximum absolute atomic E-state index is 6.00. The van der Waals surface area contributed by atoms with Gasteiger partial charge in [0.15, 0.2) is 0 Å². The van der Waals surface area contributed by atoms with Gasteiger partial charge in [0.05, 0.1) is 0 Å². The first-order valence-corrected chi connectivity index (χ1v) is 9.08. The molecule has 18 heavy (non-hydrogen) atoms. The van der Waals surface area contributed by atoms with Crippen LogP contribution in [0.3, 0.4) is 0 Å². The molecular weight excluding hydrogens is 240 g/mol. The number of rotatable bonds is 7. The zero-order chi connectivity index (χ0) is 12.8. The molecule has 2 rings (SSSR count). The van der Waals surface area contributed by atoms with Gasteiger partial charge < -0.3 is 8.85 Å². The summed E-state index contributed by atoms with van der Waals surface area (Å²) >= 11 is 0. The molecule has 0 aromatic rings. The van der Waals surface area contributed by atoms with Crippen LogP contribution in [0.15, 0.2) is 23.3 Å². The first-order valence-electron chi connectivity index (χ1n) is 7.47. The molecule has 0 spiro atoms. The van der Waals surface area contributed by atoms with E-state index in [9.17, 15) is 0 Å². The molecule has 0 unspecified atom stereocenters. The number of allylic oxidation sites excluding steroid dienone is 4. The van der Waals surface area contributed by atoms with Gasteiger partial charge in [0.2, 0.25) is 0 Å². The zero-order valence-electron chi connectivity index (χ0n) is 11.8. The normalized spacial score (nSPS) is 19.8. The van der Waals surface area contributed by atoms with Crippen LogP contribution in [-0.2, 0) is 8.85 Å². The second kappa shape index (κ2) is 7.27. The van der Waals surface area contributed by atoms with Gasteiger partial charge in [-0.1, -0.05) is 23.3 Å². The Morgan fingerprint density at radius 1 is 1.00 bits per heavy atom. The van der Waals surface area contributed by atoms with Gasteiger partial charge in [0.1, 0.15) is 0 Å². The van der Waals surface area contributed by atoms with E-state index < -0.39 is 9.28 Å². The van der Waals surface area contributed by atoms with Gasteiger partial charge in [0.25, 0.3) is 0 Å². The fourth-order valence-electron chi connectivity index (χ4n) is 3.11. The molecule has 0 aromatic heterocycles. The van der Waals surface area contributed by atoms with Crippen LogP contribution in [0.25, 0.3) is 0 Å². The molecule has 0 aromatic carbocycles. The number of hydrogen-bond acceptors (Lipinski definition) is 2. The molecule has 0 bridgehead atoms. The van der Waals surface area contributed by atoms with Crippen molar-refractivity contribution >= 4 is 9.28 Å². The molecule has 0 amide bonds. The van der Waals surface area contributed by atoms with Gasteiger partial charge in [-0.3, -0.25) is 0 Å². The van der Waals surface area contributed by atoms with Crippen molar-refractivity contribution in [3.8, 4) is 0 Å². The maximum atomic E-state index is 6.00. The predicted molar refractivity (Wildman–Crippen MR) is 78.0 cm³/mol. The van der Waals surface area contributed by atoms with Crippen LogP contribution < -0.4 is 0 Å². The average molecular weight is 266 g/mol. The second-order valence-corrected chi connectivity index (χ2v) is 7.17. The van der Waals surface area contributed by atoms with Gasteiger partial charge in [-0.25, -0.2) is 0 Å². The minimum absolute atomic E-state index is 0.523. The first kappa shape index (κ1) is 14.0. The third kappa shape index (κ3) is 3.34. The van der Waals surface area contributed by atoms with Crippen molar-refractivity contribution in [3.05, 3.63) is 23.3 Å². The van der Waals surface area contributed by atoms with E-state index in [0.29, 0.717) is 5.54 Å². The third-order valence-corrected chi connectivity index (χ3v) is 6.61. The summed E-state index contributed by atoms with van der Waals surface area (Å²) in [6.45, 7) is 5.74. The topological polar surface area (TPSA) is 18.5 Å². The van der Waals surface area contributed by atoms with Crippen molar-refractivity contribution in [1.29, 1.82) is 0 Å². The average Bonchev–Trinajstić information content (AvgIpc) is 3.03. The smallest absolute Gasteiger partial charge is 0.333 e. The lowest BCUT2D eigenvalue weighted by Crippen LogP contribution is -2.31. The SMILES string of the molecule is CCO[SiH](OCC)C(C1=CCCC1)C1=CCCC1. The standard InChI is InChI=1S/C15H26O2Si/c1-3-16-18(17-4-2)15(13-9-5-6-10-13)14-11-7-8-12-14/h9,11,15,18H,3-8,10,12H2,1-2H3. The Bertz CT molecular complexity index is 292. The Labute approximate surface area is 113 Å². The second-order valence-electron chi connectivity index (χ2n) is 5.10. The Kier molecular flexibility index (Phi) is 5.67. The minimum atomic E-state index is -1.59. The van der Waals surface area contributed by atoms with E-state index in [0.717, 1.165) is 13.2 Å². The summed E-state index contributed by atoms with van der Waals surface area (Å²) in [6.07, 6.45) is 12.5. The highest BCUT2D eigenvalue weighted by Crippen LogP contribution is 2.41. The Hall–Kier alpha value is -0.383. The molecule has 0 fully saturated rings. The number of hydrogen-bond donors (Lipinski definition) is 0. The quantitative estimate of drug-likeness (QED) is 0.514. The molecular formula is C15H26O2Si. The highest BCUT2D eigenvalue weighted by molar-refractivity contribution is 6.48. The van der Waals surface area contributed by atoms with Crippen molar-refractivity contribution in [3.63, 3.8) is 0 Å². The summed E-state index contributed by atoms with van der Waals surface area (Å²) in [4.78, 5) is 0. The minimum Gasteiger partial charge on any atom is -0.396 e. The van der Waals surface area contributed by atoms with E-state index >= 15 is 0 Å². The summed E-state index contributed by atoms with van der Waals surface area (Å²) in [5, 5.41) is 0. The van der Waals surface area contributed by atoms with Gasteiger partial charge in [-0.2, -0.15) is 0 Å². The maximum Gasteiger partial charge on any atom is 0.333 e. The van der Waals surface area contributed by atoms with E-state index in [4.69, 9.17) is 8.85 Å². The lowest BCUT2D eigenvalue weighted by atomic mass is 10.0. The van der Waals surface area contributed by atoms with E-state index in [2.05, 4.69) is 26.0 Å². The molecule has 0 atom stereocenters. The largest absolute Gasteiger partial charge is 0.396 e. The molecule has 2 aliphatic carbocycles. The summed E-state index contributed by atoms with van der Waals surface area (Å²) in [7, 11) is -1.59. The highest BCUT2D eigenvalue weighted by Gasteiger charge is 2.33. The van der Waals surface area contributed by atoms with Crippen LogP contribution in [0.4, 0.5) is 0 Å². The molecule has 0 radical (unpaired) electrons. The van der Waals surface area contributed by atoms with E-state index in [-0.39, 0.29) is 0 Å². The summed E-state index contributed by atoms with van der Waals surface area (Å²) in [6, 6.07) is 0. The van der Waals surface area contributed by atoms with Crippen molar-refractivity contribution in [2.75, 3.05) is 13.2 Å². The monoisotopic (exact) mass is 266 g/mol. The van der Waals surface area contributed by atoms with Gasteiger partial charge >= 0.3 is 9.28 Å². The van der Waals surface area contributed by atoms with Gasteiger partial charge in [-0.15, -0.1) is 0 Å². The Balaban J connectivity index is 2.15. The van der Waals surface area contributed by atoms with Crippen LogP contribution in [0, 0.1) is 0 Å². The third-order valence-electron chi connectivity index (χ3n) is 3.89. The van der Waals surface area contributed by atoms with Crippen LogP contribution >= 0.6 is 0 Å². The van der Waals surface area contributed by atoms with Crippen molar-refractivity contribution in [1.82, 2.24) is 0 Å². The Morgan fingerprint density at radius 2 is 1.50 bits per heavy atom. The van der Waals surface area contributed by atoms with Crippen LogP contribution in [0.1, 0.15) is 52.4 Å². The molecule has 0 saturated heterocycles. The molecule has 0 N–H and O–H groups in total. The Morgan fingerprint density at radius 3 is 1.83 bits per heavy atom. The van der Waals surface area contributed by atoms with Crippen LogP contribution in [-0.4, -0.2) is 22.5 Å². The lowest BCUT2D eigenvalue weighted by Gasteiger charge is -2.27. The van der Waals surface area contributed by atoms with E-state index in [1.165, 1.54) is 38.5 Å². The predicted octanol–water partition coefficient (Wildman–Crippen LogP) is 3.87. The fourth-order valence-corrected chi connectivity index (χ4v) is 5.56. The summed E-state index contributed by atoms with van der Waals surface area (Å²) < 4.78 is 12.0. The lowest BCUT2D eigenvalue weighted by molar-refractivity contribution is 0.209. The highest BCUT2D eigenvalue weighted by atomic mass is 28.3. The zero-order valence-corrected chi connectivity index (χ0v) is 12.9. The van der Waals surface area contributed by atoms with Gasteiger partial charge in [-0.05, 0) is 52.4 Å². The van der Waals surface area contributed by atoms with Crippen molar-refractivity contribution in [2.45, 2.75) is 57.9 Å². The van der Waals surface area contributed by atoms with Crippen LogP contribution in [0.5, 0.6) is 0 Å². The first-order chi connectivity index (χ1) is 8.86. The van der Waals surface area contributed by atoms with E-state index in [1.807, 2.05) is 0 Å². The molecule has 3 heteroatoms. The molecule has 0 saturated carbocycles. The van der Waals surface area contributed by atoms with Crippen LogP contribution in [0.2, 0.25) is 5.54 Å². The van der Waals surface area contributed by atoms with Crippen molar-refractivity contribution < 1.29 is 8.85 Å². The molecule has 102 valence electrons. The fraction of sp³-hybridized carbons (Fsp3) is 0.733. The summed E-state index contributed by atoms with van der Waals surface area (Å²) in [5.41, 5.74) is 3.75. The van der Waals surface area contributed by atoms with Gasteiger partial charge in [0, 0.05) is 18.8 Å². The molecule has 2 aliphatic rings. The van der Waals surface area contributed by atoms with E-state index in [1.54, 1.807) is 11.1 Å². The summed E-state index contributed by atoms with van der Waals surface area (Å²) in [5.74, 6) is 0. The molecule has 0 aliphatic heterocycles. The molecule has 2 nitrogen and oxygen atoms in total.